The van der Waals surface area contributed by atoms with Crippen LogP contribution in [0.25, 0.3) is 22.5 Å². The number of oxazole rings is 1. The van der Waals surface area contributed by atoms with Crippen molar-refractivity contribution >= 4 is 17.1 Å². The van der Waals surface area contributed by atoms with Crippen LogP contribution in [0.1, 0.15) is 12.3 Å². The van der Waals surface area contributed by atoms with Gasteiger partial charge in [0, 0.05) is 12.1 Å². The Morgan fingerprint density at radius 3 is 2.70 bits per heavy atom. The van der Waals surface area contributed by atoms with Gasteiger partial charge in [-0.25, -0.2) is 4.79 Å². The first-order valence-electron chi connectivity index (χ1n) is 8.33. The highest BCUT2D eigenvalue weighted by Crippen LogP contribution is 2.15. The smallest absolute Gasteiger partial charge is 0.419 e. The maximum Gasteiger partial charge on any atom is 0.419 e. The Balaban J connectivity index is 1.34. The average molecular weight is 365 g/mol. The first kappa shape index (κ1) is 16.8. The summed E-state index contributed by atoms with van der Waals surface area (Å²) in [6, 6.07) is 16.4. The average Bonchev–Trinajstić information content (AvgIpc) is 3.29. The summed E-state index contributed by atoms with van der Waals surface area (Å²) in [4.78, 5) is 28.0. The van der Waals surface area contributed by atoms with Crippen LogP contribution >= 0.6 is 0 Å². The normalized spacial score (nSPS) is 11.0. The van der Waals surface area contributed by atoms with E-state index in [9.17, 15) is 9.59 Å². The molecule has 0 aliphatic carbocycles. The number of benzene rings is 2. The maximum absolute atomic E-state index is 12.0. The van der Waals surface area contributed by atoms with Gasteiger partial charge in [0.05, 0.1) is 11.9 Å². The topological polar surface area (TPSA) is 100 Å². The molecule has 0 saturated carbocycles. The van der Waals surface area contributed by atoms with Crippen LogP contribution in [0.2, 0.25) is 0 Å². The Morgan fingerprint density at radius 2 is 1.85 bits per heavy atom. The Bertz CT molecular complexity index is 1130. The van der Waals surface area contributed by atoms with Gasteiger partial charge in [0.1, 0.15) is 0 Å². The molecule has 4 aromatic rings. The SMILES string of the molecule is O=C(CCn1c(=O)oc2ccccc21)OCc1nc(-c2ccccc2)no1. The molecule has 0 aliphatic rings. The van der Waals surface area contributed by atoms with Crippen LogP contribution < -0.4 is 5.76 Å². The number of nitrogens with zero attached hydrogens (tertiary/aromatic N) is 3. The van der Waals surface area contributed by atoms with E-state index >= 15 is 0 Å². The third-order valence-corrected chi connectivity index (χ3v) is 3.97. The zero-order valence-electron chi connectivity index (χ0n) is 14.2. The molecule has 0 fully saturated rings. The Labute approximate surface area is 153 Å². The van der Waals surface area contributed by atoms with Crippen LogP contribution in [-0.2, 0) is 22.7 Å². The highest BCUT2D eigenvalue weighted by Gasteiger charge is 2.13. The number of hydrogen-bond acceptors (Lipinski definition) is 7. The number of carbonyl (C=O) groups is 1. The summed E-state index contributed by atoms with van der Waals surface area (Å²) in [5.41, 5.74) is 1.93. The molecule has 0 radical (unpaired) electrons. The molecule has 0 aliphatic heterocycles. The van der Waals surface area contributed by atoms with Crippen LogP contribution in [0.3, 0.4) is 0 Å². The van der Waals surface area contributed by atoms with Crippen molar-refractivity contribution in [2.45, 2.75) is 19.6 Å². The number of aromatic nitrogens is 3. The van der Waals surface area contributed by atoms with Crippen molar-refractivity contribution in [1.29, 1.82) is 0 Å². The molecule has 0 spiro atoms. The van der Waals surface area contributed by atoms with E-state index in [-0.39, 0.29) is 25.5 Å². The monoisotopic (exact) mass is 365 g/mol. The fourth-order valence-corrected chi connectivity index (χ4v) is 2.66. The summed E-state index contributed by atoms with van der Waals surface area (Å²) in [5, 5.41) is 3.86. The maximum atomic E-state index is 12.0. The summed E-state index contributed by atoms with van der Waals surface area (Å²) in [6.07, 6.45) is 0.0170. The molecule has 136 valence electrons. The van der Waals surface area contributed by atoms with Crippen LogP contribution in [0.4, 0.5) is 0 Å². The van der Waals surface area contributed by atoms with Gasteiger partial charge in [0.15, 0.2) is 12.2 Å². The Morgan fingerprint density at radius 1 is 1.07 bits per heavy atom. The zero-order chi connectivity index (χ0) is 18.6. The van der Waals surface area contributed by atoms with E-state index in [0.29, 0.717) is 16.9 Å². The highest BCUT2D eigenvalue weighted by atomic mass is 16.6. The lowest BCUT2D eigenvalue weighted by Gasteiger charge is -2.03. The lowest BCUT2D eigenvalue weighted by Crippen LogP contribution is -2.17. The Kier molecular flexibility index (Phi) is 4.52. The second kappa shape index (κ2) is 7.28. The van der Waals surface area contributed by atoms with Crippen molar-refractivity contribution in [2.75, 3.05) is 0 Å². The summed E-state index contributed by atoms with van der Waals surface area (Å²) in [6.45, 7) is 0.0352. The van der Waals surface area contributed by atoms with Crippen molar-refractivity contribution in [2.24, 2.45) is 0 Å². The van der Waals surface area contributed by atoms with E-state index in [0.717, 1.165) is 5.56 Å². The van der Waals surface area contributed by atoms with E-state index in [1.165, 1.54) is 4.57 Å². The molecule has 2 heterocycles. The molecule has 8 heteroatoms. The standard InChI is InChI=1S/C19H15N3O5/c23-17(10-11-22-14-8-4-5-9-15(14)26-19(22)24)25-12-16-20-18(21-27-16)13-6-2-1-3-7-13/h1-9H,10-12H2. The molecule has 0 saturated heterocycles. The number of ether oxygens (including phenoxy) is 1. The first-order valence-corrected chi connectivity index (χ1v) is 8.33. The molecule has 0 N–H and O–H groups in total. The van der Waals surface area contributed by atoms with E-state index < -0.39 is 11.7 Å². The van der Waals surface area contributed by atoms with Gasteiger partial charge in [-0.2, -0.15) is 4.98 Å². The number of carbonyl (C=O) groups excluding carboxylic acids is 1. The predicted octanol–water partition coefficient (Wildman–Crippen LogP) is 2.78. The van der Waals surface area contributed by atoms with Crippen molar-refractivity contribution in [3.8, 4) is 11.4 Å². The van der Waals surface area contributed by atoms with Gasteiger partial charge < -0.3 is 13.7 Å². The van der Waals surface area contributed by atoms with Gasteiger partial charge in [-0.05, 0) is 12.1 Å². The highest BCUT2D eigenvalue weighted by molar-refractivity contribution is 5.73. The third kappa shape index (κ3) is 3.64. The summed E-state index contributed by atoms with van der Waals surface area (Å²) >= 11 is 0. The first-order chi connectivity index (χ1) is 13.2. The van der Waals surface area contributed by atoms with Gasteiger partial charge in [0.25, 0.3) is 5.89 Å². The second-order valence-corrected chi connectivity index (χ2v) is 5.78. The lowest BCUT2D eigenvalue weighted by molar-refractivity contribution is -0.146. The summed E-state index contributed by atoms with van der Waals surface area (Å²) in [7, 11) is 0. The minimum atomic E-state index is -0.506. The number of para-hydroxylation sites is 2. The number of rotatable bonds is 6. The second-order valence-electron chi connectivity index (χ2n) is 5.78. The number of hydrogen-bond donors (Lipinski definition) is 0. The lowest BCUT2D eigenvalue weighted by atomic mass is 10.2. The van der Waals surface area contributed by atoms with Gasteiger partial charge in [-0.1, -0.05) is 47.6 Å². The van der Waals surface area contributed by atoms with Crippen LogP contribution in [-0.4, -0.2) is 20.7 Å². The largest absolute Gasteiger partial charge is 0.456 e. The van der Waals surface area contributed by atoms with E-state index in [2.05, 4.69) is 10.1 Å². The number of esters is 1. The van der Waals surface area contributed by atoms with Gasteiger partial charge in [-0.15, -0.1) is 0 Å². The molecule has 0 unspecified atom stereocenters. The van der Waals surface area contributed by atoms with E-state index in [1.54, 1.807) is 24.3 Å². The molecule has 4 rings (SSSR count). The molecule has 0 atom stereocenters. The van der Waals surface area contributed by atoms with Crippen molar-refractivity contribution in [1.82, 2.24) is 14.7 Å². The van der Waals surface area contributed by atoms with Gasteiger partial charge in [0.2, 0.25) is 5.82 Å². The van der Waals surface area contributed by atoms with Crippen LogP contribution in [0.15, 0.2) is 68.3 Å². The molecule has 8 nitrogen and oxygen atoms in total. The predicted molar refractivity (Wildman–Crippen MR) is 94.6 cm³/mol. The molecule has 2 aromatic heterocycles. The third-order valence-electron chi connectivity index (χ3n) is 3.97. The van der Waals surface area contributed by atoms with Gasteiger partial charge >= 0.3 is 11.7 Å². The van der Waals surface area contributed by atoms with Crippen molar-refractivity contribution < 1.29 is 18.5 Å². The zero-order valence-corrected chi connectivity index (χ0v) is 14.2. The fourth-order valence-electron chi connectivity index (χ4n) is 2.66. The van der Waals surface area contributed by atoms with Crippen molar-refractivity contribution in [3.05, 3.63) is 71.0 Å². The van der Waals surface area contributed by atoms with Crippen LogP contribution in [0, 0.1) is 0 Å². The summed E-state index contributed by atoms with van der Waals surface area (Å²) < 4.78 is 16.8. The number of aryl methyl sites for hydroxylation is 1. The fraction of sp³-hybridized carbons (Fsp3) is 0.158. The Hall–Kier alpha value is -3.68. The molecule has 2 aromatic carbocycles. The van der Waals surface area contributed by atoms with Gasteiger partial charge in [-0.3, -0.25) is 9.36 Å². The van der Waals surface area contributed by atoms with E-state index in [1.807, 2.05) is 30.3 Å². The van der Waals surface area contributed by atoms with E-state index in [4.69, 9.17) is 13.7 Å². The minimum Gasteiger partial charge on any atom is -0.456 e. The molecule has 0 bridgehead atoms. The molecular weight excluding hydrogens is 350 g/mol. The molecule has 0 amide bonds. The van der Waals surface area contributed by atoms with Crippen LogP contribution in [0.5, 0.6) is 0 Å². The number of fused-ring (bicyclic) bond motifs is 1. The quantitative estimate of drug-likeness (QED) is 0.484. The van der Waals surface area contributed by atoms with Crippen molar-refractivity contribution in [3.63, 3.8) is 0 Å². The molecular formula is C19H15N3O5. The minimum absolute atomic E-state index is 0.0170. The molecule has 27 heavy (non-hydrogen) atoms. The summed E-state index contributed by atoms with van der Waals surface area (Å²) in [5.74, 6) is -0.355.